The van der Waals surface area contributed by atoms with Crippen LogP contribution in [0.25, 0.3) is 0 Å². The normalized spacial score (nSPS) is 11.3. The minimum absolute atomic E-state index is 0.0761. The van der Waals surface area contributed by atoms with Crippen LogP contribution in [-0.4, -0.2) is 26.0 Å². The van der Waals surface area contributed by atoms with Crippen molar-refractivity contribution >= 4 is 60.8 Å². The lowest BCUT2D eigenvalue weighted by molar-refractivity contribution is -0.135. The van der Waals surface area contributed by atoms with Crippen LogP contribution in [-0.2, 0) is 14.8 Å². The first-order valence-electron chi connectivity index (χ1n) is 6.17. The molecule has 0 unspecified atom stereocenters. The molecule has 2 aromatic carbocycles. The largest absolute Gasteiger partial charge is 0.480 e. The number of carboxylic acids is 1. The fraction of sp³-hybridized carbons (Fsp3) is 0.0714. The summed E-state index contributed by atoms with van der Waals surface area (Å²) in [4.78, 5) is 11.0. The van der Waals surface area contributed by atoms with E-state index < -0.39 is 22.5 Å². The molecule has 9 heteroatoms. The lowest BCUT2D eigenvalue weighted by Crippen LogP contribution is -2.36. The first kappa shape index (κ1) is 18.1. The summed E-state index contributed by atoms with van der Waals surface area (Å²) in [6.07, 6.45) is 0. The molecule has 0 heterocycles. The number of sulfonamides is 1. The molecular weight excluding hydrogens is 429 g/mol. The summed E-state index contributed by atoms with van der Waals surface area (Å²) in [5, 5.41) is 9.55. The monoisotopic (exact) mass is 437 g/mol. The van der Waals surface area contributed by atoms with E-state index in [1.165, 1.54) is 36.4 Å². The van der Waals surface area contributed by atoms with Gasteiger partial charge in [0.25, 0.3) is 10.0 Å². The third-order valence-electron chi connectivity index (χ3n) is 2.86. The first-order chi connectivity index (χ1) is 10.7. The molecule has 0 fully saturated rings. The van der Waals surface area contributed by atoms with E-state index in [2.05, 4.69) is 15.9 Å². The van der Waals surface area contributed by atoms with Gasteiger partial charge in [-0.15, -0.1) is 0 Å². The number of benzene rings is 2. The molecule has 1 N–H and O–H groups in total. The number of hydrogen-bond acceptors (Lipinski definition) is 3. The van der Waals surface area contributed by atoms with Crippen molar-refractivity contribution in [2.24, 2.45) is 0 Å². The van der Waals surface area contributed by atoms with E-state index in [1.807, 2.05) is 0 Å². The number of hydrogen-bond donors (Lipinski definition) is 1. The SMILES string of the molecule is O=C(O)CN(c1ccc(Br)cc1Cl)S(=O)(=O)c1ccc(Cl)cc1. The molecule has 0 aliphatic heterocycles. The second-order valence-electron chi connectivity index (χ2n) is 4.46. The van der Waals surface area contributed by atoms with Crippen molar-refractivity contribution < 1.29 is 18.3 Å². The Morgan fingerprint density at radius 1 is 1.13 bits per heavy atom. The fourth-order valence-corrected chi connectivity index (χ4v) is 4.22. The van der Waals surface area contributed by atoms with Gasteiger partial charge in [-0.25, -0.2) is 8.42 Å². The maximum atomic E-state index is 12.8. The molecule has 0 radical (unpaired) electrons. The van der Waals surface area contributed by atoms with Gasteiger partial charge < -0.3 is 5.11 Å². The summed E-state index contributed by atoms with van der Waals surface area (Å²) in [6, 6.07) is 9.94. The minimum atomic E-state index is -4.11. The molecule has 0 saturated carbocycles. The summed E-state index contributed by atoms with van der Waals surface area (Å²) in [6.45, 7) is -0.758. The molecule has 0 saturated heterocycles. The molecule has 23 heavy (non-hydrogen) atoms. The van der Waals surface area contributed by atoms with Gasteiger partial charge in [-0.05, 0) is 42.5 Å². The highest BCUT2D eigenvalue weighted by molar-refractivity contribution is 9.10. The summed E-state index contributed by atoms with van der Waals surface area (Å²) in [7, 11) is -4.11. The number of rotatable bonds is 5. The summed E-state index contributed by atoms with van der Waals surface area (Å²) >= 11 is 15.0. The van der Waals surface area contributed by atoms with Crippen LogP contribution in [0.15, 0.2) is 51.8 Å². The van der Waals surface area contributed by atoms with Crippen LogP contribution in [0.1, 0.15) is 0 Å². The summed E-state index contributed by atoms with van der Waals surface area (Å²) in [5.74, 6) is -1.30. The zero-order chi connectivity index (χ0) is 17.2. The van der Waals surface area contributed by atoms with Gasteiger partial charge in [0.15, 0.2) is 0 Å². The molecule has 2 aromatic rings. The van der Waals surface area contributed by atoms with E-state index in [0.717, 1.165) is 4.31 Å². The Morgan fingerprint density at radius 3 is 2.26 bits per heavy atom. The molecule has 0 atom stereocenters. The quantitative estimate of drug-likeness (QED) is 0.764. The molecule has 0 aliphatic carbocycles. The molecule has 0 bridgehead atoms. The molecule has 122 valence electrons. The zero-order valence-corrected chi connectivity index (χ0v) is 15.3. The van der Waals surface area contributed by atoms with Crippen molar-refractivity contribution in [2.45, 2.75) is 4.90 Å². The summed E-state index contributed by atoms with van der Waals surface area (Å²) < 4.78 is 26.9. The average molecular weight is 439 g/mol. The number of carbonyl (C=O) groups is 1. The Labute approximate surface area is 151 Å². The Morgan fingerprint density at radius 2 is 1.74 bits per heavy atom. The van der Waals surface area contributed by atoms with E-state index in [-0.39, 0.29) is 15.6 Å². The number of halogens is 3. The van der Waals surface area contributed by atoms with Crippen molar-refractivity contribution in [1.82, 2.24) is 0 Å². The number of anilines is 1. The van der Waals surface area contributed by atoms with Crippen LogP contribution in [0.5, 0.6) is 0 Å². The highest BCUT2D eigenvalue weighted by atomic mass is 79.9. The minimum Gasteiger partial charge on any atom is -0.480 e. The van der Waals surface area contributed by atoms with Crippen LogP contribution in [0.4, 0.5) is 5.69 Å². The van der Waals surface area contributed by atoms with Crippen molar-refractivity contribution in [2.75, 3.05) is 10.8 Å². The van der Waals surface area contributed by atoms with E-state index in [1.54, 1.807) is 6.07 Å². The number of nitrogens with zero attached hydrogens (tertiary/aromatic N) is 1. The van der Waals surface area contributed by atoms with Gasteiger partial charge in [-0.3, -0.25) is 9.10 Å². The maximum absolute atomic E-state index is 12.8. The average Bonchev–Trinajstić information content (AvgIpc) is 2.45. The number of carboxylic acid groups (broad SMARTS) is 1. The van der Waals surface area contributed by atoms with E-state index in [9.17, 15) is 13.2 Å². The van der Waals surface area contributed by atoms with Crippen molar-refractivity contribution in [3.05, 3.63) is 57.0 Å². The third kappa shape index (κ3) is 4.17. The topological polar surface area (TPSA) is 74.7 Å². The molecule has 0 amide bonds. The Hall–Kier alpha value is -1.28. The van der Waals surface area contributed by atoms with Gasteiger partial charge in [0.05, 0.1) is 15.6 Å². The highest BCUT2D eigenvalue weighted by Gasteiger charge is 2.28. The zero-order valence-electron chi connectivity index (χ0n) is 11.4. The van der Waals surface area contributed by atoms with E-state index >= 15 is 0 Å². The lowest BCUT2D eigenvalue weighted by Gasteiger charge is -2.23. The van der Waals surface area contributed by atoms with Crippen LogP contribution >= 0.6 is 39.1 Å². The van der Waals surface area contributed by atoms with Gasteiger partial charge >= 0.3 is 5.97 Å². The van der Waals surface area contributed by atoms with Gasteiger partial charge in [0, 0.05) is 9.50 Å². The van der Waals surface area contributed by atoms with E-state index in [0.29, 0.717) is 9.50 Å². The second kappa shape index (κ2) is 7.09. The first-order valence-corrected chi connectivity index (χ1v) is 9.16. The van der Waals surface area contributed by atoms with Crippen molar-refractivity contribution in [1.29, 1.82) is 0 Å². The van der Waals surface area contributed by atoms with Gasteiger partial charge in [-0.2, -0.15) is 0 Å². The van der Waals surface area contributed by atoms with Crippen molar-refractivity contribution in [3.63, 3.8) is 0 Å². The van der Waals surface area contributed by atoms with Gasteiger partial charge in [-0.1, -0.05) is 39.1 Å². The third-order valence-corrected chi connectivity index (χ3v) is 5.68. The maximum Gasteiger partial charge on any atom is 0.324 e. The summed E-state index contributed by atoms with van der Waals surface area (Å²) in [5.41, 5.74) is 0.0761. The van der Waals surface area contributed by atoms with Crippen LogP contribution in [0.3, 0.4) is 0 Å². The molecule has 0 spiro atoms. The highest BCUT2D eigenvalue weighted by Crippen LogP contribution is 2.32. The second-order valence-corrected chi connectivity index (χ2v) is 8.08. The number of aliphatic carboxylic acids is 1. The smallest absolute Gasteiger partial charge is 0.324 e. The standard InChI is InChI=1S/C14H10BrCl2NO4S/c15-9-1-6-13(12(17)7-9)18(8-14(19)20)23(21,22)11-4-2-10(16)3-5-11/h1-7H,8H2,(H,19,20). The molecular formula is C14H10BrCl2NO4S. The fourth-order valence-electron chi connectivity index (χ4n) is 1.84. The predicted octanol–water partition coefficient (Wildman–Crippen LogP) is 4.04. The lowest BCUT2D eigenvalue weighted by atomic mass is 10.3. The Bertz CT molecular complexity index is 840. The Balaban J connectivity index is 2.57. The molecule has 2 rings (SSSR count). The molecule has 0 aromatic heterocycles. The molecule has 5 nitrogen and oxygen atoms in total. The predicted molar refractivity (Wildman–Crippen MR) is 92.8 cm³/mol. The molecule has 0 aliphatic rings. The van der Waals surface area contributed by atoms with Gasteiger partial charge in [0.2, 0.25) is 0 Å². The van der Waals surface area contributed by atoms with Crippen LogP contribution in [0.2, 0.25) is 10.0 Å². The van der Waals surface area contributed by atoms with Crippen LogP contribution < -0.4 is 4.31 Å². The van der Waals surface area contributed by atoms with Crippen molar-refractivity contribution in [3.8, 4) is 0 Å². The Kier molecular flexibility index (Phi) is 5.57. The van der Waals surface area contributed by atoms with E-state index in [4.69, 9.17) is 28.3 Å². The van der Waals surface area contributed by atoms with Gasteiger partial charge in [0.1, 0.15) is 6.54 Å². The van der Waals surface area contributed by atoms with Crippen LogP contribution in [0, 0.1) is 0 Å².